The third-order valence-electron chi connectivity index (χ3n) is 3.64. The largest absolute Gasteiger partial charge is 0.340 e. The summed E-state index contributed by atoms with van der Waals surface area (Å²) in [4.78, 5) is 8.53. The number of hydrogen-bond acceptors (Lipinski definition) is 5. The van der Waals surface area contributed by atoms with Crippen LogP contribution < -0.4 is 5.32 Å². The fourth-order valence-corrected chi connectivity index (χ4v) is 2.43. The van der Waals surface area contributed by atoms with Crippen molar-refractivity contribution in [1.29, 1.82) is 5.41 Å². The van der Waals surface area contributed by atoms with Crippen LogP contribution in [0.4, 0.5) is 11.5 Å². The molecule has 136 valence electrons. The fourth-order valence-electron chi connectivity index (χ4n) is 2.43. The predicted octanol–water partition coefficient (Wildman–Crippen LogP) is 4.91. The van der Waals surface area contributed by atoms with Gasteiger partial charge in [0.05, 0.1) is 5.69 Å². The van der Waals surface area contributed by atoms with E-state index in [0.717, 1.165) is 28.4 Å². The minimum Gasteiger partial charge on any atom is -0.340 e. The van der Waals surface area contributed by atoms with Gasteiger partial charge in [0.15, 0.2) is 5.65 Å². The van der Waals surface area contributed by atoms with Gasteiger partial charge in [-0.2, -0.15) is 9.61 Å². The number of aryl methyl sites for hydroxylation is 1. The maximum Gasteiger partial charge on any atom is 0.157 e. The molecule has 0 atom stereocenters. The molecule has 0 radical (unpaired) electrons. The molecule has 2 N–H and O–H groups in total. The Hall–Kier alpha value is -3.80. The molecule has 0 bridgehead atoms. The number of hydrogen-bond donors (Lipinski definition) is 2. The highest BCUT2D eigenvalue weighted by atomic mass is 15.3. The lowest BCUT2D eigenvalue weighted by molar-refractivity contribution is 0.950. The highest BCUT2D eigenvalue weighted by Crippen LogP contribution is 2.22. The summed E-state index contributed by atoms with van der Waals surface area (Å²) in [5.74, 6) is 0.869. The number of anilines is 2. The Balaban J connectivity index is 0.000000614. The second kappa shape index (κ2) is 9.62. The van der Waals surface area contributed by atoms with E-state index in [1.54, 1.807) is 18.6 Å². The van der Waals surface area contributed by atoms with Gasteiger partial charge in [-0.1, -0.05) is 17.7 Å². The van der Waals surface area contributed by atoms with E-state index >= 15 is 0 Å². The fraction of sp³-hybridized carbons (Fsp3) is 0.0476. The van der Waals surface area contributed by atoms with Crippen LogP contribution in [0, 0.1) is 12.3 Å². The molecule has 3 heterocycles. The molecule has 1 aromatic carbocycles. The molecular weight excluding hydrogens is 336 g/mol. The van der Waals surface area contributed by atoms with Crippen LogP contribution in [0.25, 0.3) is 16.9 Å². The first-order chi connectivity index (χ1) is 13.3. The van der Waals surface area contributed by atoms with Crippen LogP contribution in [0.3, 0.4) is 0 Å². The SMILES string of the molecule is C=C.C=N.Cc1ccc(Nc2ccnc3cc(-c4cccnc4)nn23)cc1. The number of fused-ring (bicyclic) bond motifs is 1. The van der Waals surface area contributed by atoms with Crippen molar-refractivity contribution in [3.63, 3.8) is 0 Å². The minimum absolute atomic E-state index is 0.793. The summed E-state index contributed by atoms with van der Waals surface area (Å²) in [6.07, 6.45) is 5.33. The molecule has 0 unspecified atom stereocenters. The molecule has 0 amide bonds. The highest BCUT2D eigenvalue weighted by molar-refractivity contribution is 5.66. The van der Waals surface area contributed by atoms with Crippen molar-refractivity contribution in [2.24, 2.45) is 0 Å². The van der Waals surface area contributed by atoms with Gasteiger partial charge in [0.25, 0.3) is 0 Å². The summed E-state index contributed by atoms with van der Waals surface area (Å²) < 4.78 is 1.81. The number of pyridine rings is 1. The standard InChI is InChI=1S/C18H15N5.C2H4.CH3N/c1-13-4-6-15(7-5-13)21-17-8-10-20-18-11-16(22-23(17)18)14-3-2-9-19-12-14;2*1-2/h2-12,21H,1H3;1-2H2;2H,1H2. The van der Waals surface area contributed by atoms with Crippen molar-refractivity contribution < 1.29 is 0 Å². The monoisotopic (exact) mass is 358 g/mol. The summed E-state index contributed by atoms with van der Waals surface area (Å²) in [7, 11) is 0. The number of nitrogens with zero attached hydrogens (tertiary/aromatic N) is 4. The summed E-state index contributed by atoms with van der Waals surface area (Å²) in [6, 6.07) is 16.0. The number of rotatable bonds is 3. The summed E-state index contributed by atoms with van der Waals surface area (Å²) in [5, 5.41) is 13.5. The molecule has 3 aromatic heterocycles. The lowest BCUT2D eigenvalue weighted by Crippen LogP contribution is -2.00. The van der Waals surface area contributed by atoms with Crippen molar-refractivity contribution in [1.82, 2.24) is 19.6 Å². The van der Waals surface area contributed by atoms with Crippen LogP contribution in [0.2, 0.25) is 0 Å². The maximum absolute atomic E-state index is 5.50. The third kappa shape index (κ3) is 4.64. The first-order valence-corrected chi connectivity index (χ1v) is 8.24. The van der Waals surface area contributed by atoms with E-state index in [-0.39, 0.29) is 0 Å². The predicted molar refractivity (Wildman–Crippen MR) is 112 cm³/mol. The van der Waals surface area contributed by atoms with Crippen molar-refractivity contribution >= 4 is 23.9 Å². The molecule has 6 nitrogen and oxygen atoms in total. The zero-order valence-electron chi connectivity index (χ0n) is 15.3. The van der Waals surface area contributed by atoms with Crippen molar-refractivity contribution in [2.75, 3.05) is 5.32 Å². The van der Waals surface area contributed by atoms with Crippen LogP contribution in [0.15, 0.2) is 80.3 Å². The van der Waals surface area contributed by atoms with Crippen molar-refractivity contribution in [2.45, 2.75) is 6.92 Å². The van der Waals surface area contributed by atoms with Crippen LogP contribution in [0.5, 0.6) is 0 Å². The Morgan fingerprint density at radius 1 is 1.00 bits per heavy atom. The van der Waals surface area contributed by atoms with Crippen LogP contribution >= 0.6 is 0 Å². The van der Waals surface area contributed by atoms with E-state index in [4.69, 9.17) is 5.41 Å². The van der Waals surface area contributed by atoms with Crippen LogP contribution in [-0.4, -0.2) is 26.3 Å². The second-order valence-corrected chi connectivity index (χ2v) is 5.36. The van der Waals surface area contributed by atoms with E-state index in [1.807, 2.05) is 40.9 Å². The zero-order valence-corrected chi connectivity index (χ0v) is 15.3. The van der Waals surface area contributed by atoms with E-state index < -0.39 is 0 Å². The van der Waals surface area contributed by atoms with Crippen LogP contribution in [-0.2, 0) is 0 Å². The second-order valence-electron chi connectivity index (χ2n) is 5.36. The molecule has 0 saturated carbocycles. The molecule has 0 aliphatic heterocycles. The normalized spacial score (nSPS) is 9.52. The summed E-state index contributed by atoms with van der Waals surface area (Å²) in [5.41, 5.74) is 4.86. The first-order valence-electron chi connectivity index (χ1n) is 8.24. The van der Waals surface area contributed by atoms with Crippen LogP contribution in [0.1, 0.15) is 5.56 Å². The van der Waals surface area contributed by atoms with Gasteiger partial charge in [-0.3, -0.25) is 4.98 Å². The number of benzene rings is 1. The average molecular weight is 358 g/mol. The Labute approximate surface area is 158 Å². The molecule has 6 heteroatoms. The van der Waals surface area contributed by atoms with Crippen molar-refractivity contribution in [3.05, 3.63) is 85.8 Å². The lowest BCUT2D eigenvalue weighted by Gasteiger charge is -2.08. The van der Waals surface area contributed by atoms with Gasteiger partial charge < -0.3 is 10.7 Å². The smallest absolute Gasteiger partial charge is 0.157 e. The molecule has 0 aliphatic rings. The van der Waals surface area contributed by atoms with Gasteiger partial charge in [0.2, 0.25) is 0 Å². The Kier molecular flexibility index (Phi) is 6.96. The summed E-state index contributed by atoms with van der Waals surface area (Å²) in [6.45, 7) is 10.6. The molecule has 0 fully saturated rings. The Morgan fingerprint density at radius 2 is 1.74 bits per heavy atom. The highest BCUT2D eigenvalue weighted by Gasteiger charge is 2.08. The third-order valence-corrected chi connectivity index (χ3v) is 3.64. The quantitative estimate of drug-likeness (QED) is 0.403. The molecular formula is C21H22N6. The molecule has 4 aromatic rings. The van der Waals surface area contributed by atoms with Gasteiger partial charge in [0, 0.05) is 35.9 Å². The molecule has 0 saturated heterocycles. The Morgan fingerprint density at radius 3 is 2.41 bits per heavy atom. The molecule has 0 aliphatic carbocycles. The number of nitrogens with one attached hydrogen (secondary N) is 2. The topological polar surface area (TPSA) is 79.0 Å². The van der Waals surface area contributed by atoms with E-state index in [0.29, 0.717) is 0 Å². The summed E-state index contributed by atoms with van der Waals surface area (Å²) >= 11 is 0. The van der Waals surface area contributed by atoms with E-state index in [2.05, 4.69) is 59.3 Å². The average Bonchev–Trinajstić information content (AvgIpc) is 3.19. The van der Waals surface area contributed by atoms with Gasteiger partial charge >= 0.3 is 0 Å². The molecule has 27 heavy (non-hydrogen) atoms. The zero-order chi connectivity index (χ0) is 19.6. The molecule has 4 rings (SSSR count). The number of aromatic nitrogens is 4. The minimum atomic E-state index is 0.793. The van der Waals surface area contributed by atoms with Crippen molar-refractivity contribution in [3.8, 4) is 11.3 Å². The van der Waals surface area contributed by atoms with Gasteiger partial charge in [0.1, 0.15) is 5.82 Å². The van der Waals surface area contributed by atoms with E-state index in [9.17, 15) is 0 Å². The maximum atomic E-state index is 5.50. The van der Waals surface area contributed by atoms with Gasteiger partial charge in [-0.25, -0.2) is 4.98 Å². The van der Waals surface area contributed by atoms with E-state index in [1.165, 1.54) is 5.56 Å². The Bertz CT molecular complexity index is 975. The van der Waals surface area contributed by atoms with Gasteiger partial charge in [-0.15, -0.1) is 13.2 Å². The lowest BCUT2D eigenvalue weighted by atomic mass is 10.2. The first kappa shape index (κ1) is 19.5. The molecule has 0 spiro atoms. The van der Waals surface area contributed by atoms with Gasteiger partial charge in [-0.05, 0) is 44.0 Å².